The lowest BCUT2D eigenvalue weighted by molar-refractivity contribution is 0.102. The molecular formula is C14H14N2O2. The van der Waals surface area contributed by atoms with Gasteiger partial charge >= 0.3 is 0 Å². The highest BCUT2D eigenvalue weighted by Crippen LogP contribution is 2.25. The SMILES string of the molecule is Cc1cc(C(=O)Nc2ccc3c(c2)CCN3)co1. The molecule has 0 saturated heterocycles. The van der Waals surface area contributed by atoms with Gasteiger partial charge < -0.3 is 15.1 Å². The Bertz CT molecular complexity index is 602. The smallest absolute Gasteiger partial charge is 0.258 e. The Morgan fingerprint density at radius 1 is 1.39 bits per heavy atom. The van der Waals surface area contributed by atoms with E-state index in [2.05, 4.69) is 10.6 Å². The molecule has 2 N–H and O–H groups in total. The first kappa shape index (κ1) is 10.9. The summed E-state index contributed by atoms with van der Waals surface area (Å²) < 4.78 is 5.13. The lowest BCUT2D eigenvalue weighted by Gasteiger charge is -2.06. The van der Waals surface area contributed by atoms with Gasteiger partial charge in [-0.15, -0.1) is 0 Å². The molecule has 0 atom stereocenters. The summed E-state index contributed by atoms with van der Waals surface area (Å²) in [7, 11) is 0. The maximum Gasteiger partial charge on any atom is 0.258 e. The Balaban J connectivity index is 1.78. The number of carbonyl (C=O) groups excluding carboxylic acids is 1. The fraction of sp³-hybridized carbons (Fsp3) is 0.214. The Kier molecular flexibility index (Phi) is 2.55. The Morgan fingerprint density at radius 3 is 3.06 bits per heavy atom. The van der Waals surface area contributed by atoms with E-state index in [0.717, 1.165) is 30.1 Å². The van der Waals surface area contributed by atoms with Gasteiger partial charge in [-0.3, -0.25) is 4.79 Å². The number of aryl methyl sites for hydroxylation is 1. The van der Waals surface area contributed by atoms with Crippen molar-refractivity contribution >= 4 is 17.3 Å². The number of benzene rings is 1. The van der Waals surface area contributed by atoms with Crippen LogP contribution in [0.25, 0.3) is 0 Å². The highest BCUT2D eigenvalue weighted by molar-refractivity contribution is 6.04. The van der Waals surface area contributed by atoms with Gasteiger partial charge in [0.1, 0.15) is 12.0 Å². The van der Waals surface area contributed by atoms with Gasteiger partial charge in [-0.05, 0) is 43.2 Å². The predicted octanol–water partition coefficient (Wildman–Crippen LogP) is 2.81. The van der Waals surface area contributed by atoms with E-state index in [4.69, 9.17) is 4.42 Å². The van der Waals surface area contributed by atoms with Crippen LogP contribution >= 0.6 is 0 Å². The molecule has 2 heterocycles. The summed E-state index contributed by atoms with van der Waals surface area (Å²) >= 11 is 0. The molecular weight excluding hydrogens is 228 g/mol. The summed E-state index contributed by atoms with van der Waals surface area (Å²) in [6, 6.07) is 7.64. The van der Waals surface area contributed by atoms with Crippen LogP contribution < -0.4 is 10.6 Å². The van der Waals surface area contributed by atoms with E-state index in [9.17, 15) is 4.79 Å². The van der Waals surface area contributed by atoms with E-state index in [0.29, 0.717) is 5.56 Å². The normalized spacial score (nSPS) is 12.9. The van der Waals surface area contributed by atoms with Gasteiger partial charge in [0, 0.05) is 17.9 Å². The summed E-state index contributed by atoms with van der Waals surface area (Å²) in [4.78, 5) is 11.9. The molecule has 1 aliphatic heterocycles. The van der Waals surface area contributed by atoms with Gasteiger partial charge in [-0.1, -0.05) is 0 Å². The van der Waals surface area contributed by atoms with Gasteiger partial charge in [0.25, 0.3) is 5.91 Å². The van der Waals surface area contributed by atoms with Crippen molar-refractivity contribution in [1.82, 2.24) is 0 Å². The monoisotopic (exact) mass is 242 g/mol. The fourth-order valence-corrected chi connectivity index (χ4v) is 2.15. The second kappa shape index (κ2) is 4.22. The Hall–Kier alpha value is -2.23. The van der Waals surface area contributed by atoms with Crippen LogP contribution in [0.1, 0.15) is 21.7 Å². The topological polar surface area (TPSA) is 54.3 Å². The number of rotatable bonds is 2. The van der Waals surface area contributed by atoms with Crippen molar-refractivity contribution < 1.29 is 9.21 Å². The van der Waals surface area contributed by atoms with Gasteiger partial charge in [-0.2, -0.15) is 0 Å². The molecule has 4 nitrogen and oxygen atoms in total. The predicted molar refractivity (Wildman–Crippen MR) is 70.0 cm³/mol. The zero-order valence-electron chi connectivity index (χ0n) is 10.1. The third kappa shape index (κ3) is 1.97. The van der Waals surface area contributed by atoms with Crippen molar-refractivity contribution in [2.45, 2.75) is 13.3 Å². The minimum absolute atomic E-state index is 0.141. The number of nitrogens with one attached hydrogen (secondary N) is 2. The molecule has 2 aromatic rings. The summed E-state index contributed by atoms with van der Waals surface area (Å²) in [6.07, 6.45) is 2.48. The van der Waals surface area contributed by atoms with Crippen molar-refractivity contribution in [3.05, 3.63) is 47.4 Å². The minimum Gasteiger partial charge on any atom is -0.469 e. The first-order valence-electron chi connectivity index (χ1n) is 5.96. The second-order valence-corrected chi connectivity index (χ2v) is 4.45. The molecule has 92 valence electrons. The minimum atomic E-state index is -0.141. The van der Waals surface area contributed by atoms with E-state index in [1.807, 2.05) is 25.1 Å². The quantitative estimate of drug-likeness (QED) is 0.851. The van der Waals surface area contributed by atoms with Gasteiger partial charge in [-0.25, -0.2) is 0 Å². The molecule has 0 radical (unpaired) electrons. The molecule has 1 aromatic heterocycles. The number of fused-ring (bicyclic) bond motifs is 1. The fourth-order valence-electron chi connectivity index (χ4n) is 2.15. The molecule has 0 aliphatic carbocycles. The van der Waals surface area contributed by atoms with E-state index >= 15 is 0 Å². The zero-order chi connectivity index (χ0) is 12.5. The van der Waals surface area contributed by atoms with Crippen molar-refractivity contribution in [3.8, 4) is 0 Å². The van der Waals surface area contributed by atoms with Crippen molar-refractivity contribution in [2.75, 3.05) is 17.2 Å². The van der Waals surface area contributed by atoms with E-state index < -0.39 is 0 Å². The zero-order valence-corrected chi connectivity index (χ0v) is 10.1. The molecule has 1 aromatic carbocycles. The van der Waals surface area contributed by atoms with Crippen molar-refractivity contribution in [1.29, 1.82) is 0 Å². The molecule has 1 aliphatic rings. The van der Waals surface area contributed by atoms with Crippen LogP contribution in [0, 0.1) is 6.92 Å². The van der Waals surface area contributed by atoms with Crippen LogP contribution in [0.5, 0.6) is 0 Å². The summed E-state index contributed by atoms with van der Waals surface area (Å²) in [5.41, 5.74) is 3.77. The van der Waals surface area contributed by atoms with E-state index in [1.54, 1.807) is 6.07 Å². The molecule has 4 heteroatoms. The third-order valence-electron chi connectivity index (χ3n) is 3.07. The largest absolute Gasteiger partial charge is 0.469 e. The molecule has 3 rings (SSSR count). The highest BCUT2D eigenvalue weighted by Gasteiger charge is 2.12. The number of furan rings is 1. The second-order valence-electron chi connectivity index (χ2n) is 4.45. The highest BCUT2D eigenvalue weighted by atomic mass is 16.3. The first-order chi connectivity index (χ1) is 8.72. The Morgan fingerprint density at radius 2 is 2.28 bits per heavy atom. The van der Waals surface area contributed by atoms with E-state index in [1.165, 1.54) is 11.8 Å². The van der Waals surface area contributed by atoms with Crippen LogP contribution in [0.4, 0.5) is 11.4 Å². The van der Waals surface area contributed by atoms with Gasteiger partial charge in [0.15, 0.2) is 0 Å². The molecule has 0 bridgehead atoms. The molecule has 0 unspecified atom stereocenters. The average Bonchev–Trinajstić information content (AvgIpc) is 2.96. The molecule has 18 heavy (non-hydrogen) atoms. The summed E-state index contributed by atoms with van der Waals surface area (Å²) in [6.45, 7) is 2.78. The maximum atomic E-state index is 11.9. The van der Waals surface area contributed by atoms with Crippen LogP contribution in [-0.4, -0.2) is 12.5 Å². The van der Waals surface area contributed by atoms with E-state index in [-0.39, 0.29) is 5.91 Å². The van der Waals surface area contributed by atoms with Crippen molar-refractivity contribution in [3.63, 3.8) is 0 Å². The van der Waals surface area contributed by atoms with Crippen LogP contribution in [0.2, 0.25) is 0 Å². The average molecular weight is 242 g/mol. The molecule has 0 fully saturated rings. The van der Waals surface area contributed by atoms with Gasteiger partial charge in [0.05, 0.1) is 5.56 Å². The lowest BCUT2D eigenvalue weighted by atomic mass is 10.1. The standard InChI is InChI=1S/C14H14N2O2/c1-9-6-11(8-18-9)14(17)16-12-2-3-13-10(7-12)4-5-15-13/h2-3,6-8,15H,4-5H2,1H3,(H,16,17). The van der Waals surface area contributed by atoms with Crippen molar-refractivity contribution in [2.24, 2.45) is 0 Å². The third-order valence-corrected chi connectivity index (χ3v) is 3.07. The first-order valence-corrected chi connectivity index (χ1v) is 5.96. The van der Waals surface area contributed by atoms with Crippen LogP contribution in [0.15, 0.2) is 34.9 Å². The number of anilines is 2. The lowest BCUT2D eigenvalue weighted by Crippen LogP contribution is -2.10. The van der Waals surface area contributed by atoms with Gasteiger partial charge in [0.2, 0.25) is 0 Å². The molecule has 0 spiro atoms. The van der Waals surface area contributed by atoms with Crippen LogP contribution in [0.3, 0.4) is 0 Å². The summed E-state index contributed by atoms with van der Waals surface area (Å²) in [5.74, 6) is 0.594. The molecule has 1 amide bonds. The maximum absolute atomic E-state index is 11.9. The number of hydrogen-bond donors (Lipinski definition) is 2. The molecule has 0 saturated carbocycles. The number of hydrogen-bond acceptors (Lipinski definition) is 3. The summed E-state index contributed by atoms with van der Waals surface area (Å²) in [5, 5.41) is 6.16. The number of carbonyl (C=O) groups is 1. The number of amides is 1. The van der Waals surface area contributed by atoms with Crippen LogP contribution in [-0.2, 0) is 6.42 Å². The Labute approximate surface area is 105 Å².